The zero-order valence-corrected chi connectivity index (χ0v) is 12.1. The van der Waals surface area contributed by atoms with Crippen molar-refractivity contribution in [2.45, 2.75) is 32.9 Å². The van der Waals surface area contributed by atoms with E-state index in [-0.39, 0.29) is 6.61 Å². The molecule has 7 nitrogen and oxygen atoms in total. The molecule has 0 unspecified atom stereocenters. The highest BCUT2D eigenvalue weighted by Crippen LogP contribution is 2.12. The molecule has 0 radical (unpaired) electrons. The number of rotatable bonds is 6. The van der Waals surface area contributed by atoms with Crippen molar-refractivity contribution in [3.63, 3.8) is 0 Å². The van der Waals surface area contributed by atoms with Gasteiger partial charge in [-0.2, -0.15) is 0 Å². The maximum Gasteiger partial charge on any atom is 0.355 e. The number of tetrazole rings is 1. The molecule has 0 aliphatic heterocycles. The van der Waals surface area contributed by atoms with E-state index in [1.807, 2.05) is 0 Å². The number of ether oxygens (including phenoxy) is 1. The van der Waals surface area contributed by atoms with Gasteiger partial charge < -0.3 is 9.72 Å². The van der Waals surface area contributed by atoms with Crippen molar-refractivity contribution in [2.75, 3.05) is 0 Å². The maximum absolute atomic E-state index is 11.7. The standard InChI is InChI=1S/C11H14BrN5O2/c1-2-3-4-17-10(14-15-16-17)7-19-11(18)9-5-8(12)6-13-9/h5-6,13H,2-4,7H2,1H3. The van der Waals surface area contributed by atoms with Crippen molar-refractivity contribution in [2.24, 2.45) is 0 Å². The van der Waals surface area contributed by atoms with Crippen molar-refractivity contribution in [3.8, 4) is 0 Å². The van der Waals surface area contributed by atoms with Gasteiger partial charge in [0.1, 0.15) is 5.69 Å². The largest absolute Gasteiger partial charge is 0.453 e. The van der Waals surface area contributed by atoms with Crippen LogP contribution < -0.4 is 0 Å². The molecule has 0 atom stereocenters. The summed E-state index contributed by atoms with van der Waals surface area (Å²) in [5, 5.41) is 11.3. The second-order valence-corrected chi connectivity index (χ2v) is 4.90. The Hall–Kier alpha value is -1.70. The summed E-state index contributed by atoms with van der Waals surface area (Å²) in [4.78, 5) is 14.5. The zero-order chi connectivity index (χ0) is 13.7. The van der Waals surface area contributed by atoms with E-state index in [1.54, 1.807) is 16.9 Å². The van der Waals surface area contributed by atoms with E-state index in [9.17, 15) is 4.79 Å². The Morgan fingerprint density at radius 1 is 1.58 bits per heavy atom. The number of halogens is 1. The van der Waals surface area contributed by atoms with Gasteiger partial charge in [0.05, 0.1) is 0 Å². The first-order chi connectivity index (χ1) is 9.20. The molecule has 0 saturated carbocycles. The molecule has 1 N–H and O–H groups in total. The minimum atomic E-state index is -0.434. The number of esters is 1. The van der Waals surface area contributed by atoms with Gasteiger partial charge in [0.25, 0.3) is 0 Å². The third-order valence-electron chi connectivity index (χ3n) is 2.53. The van der Waals surface area contributed by atoms with Crippen LogP contribution in [-0.4, -0.2) is 31.2 Å². The minimum Gasteiger partial charge on any atom is -0.453 e. The van der Waals surface area contributed by atoms with Crippen LogP contribution in [0.1, 0.15) is 36.1 Å². The molecule has 8 heteroatoms. The van der Waals surface area contributed by atoms with Gasteiger partial charge in [0, 0.05) is 17.2 Å². The van der Waals surface area contributed by atoms with Crippen LogP contribution in [0.2, 0.25) is 0 Å². The first-order valence-electron chi connectivity index (χ1n) is 5.96. The molecule has 2 rings (SSSR count). The van der Waals surface area contributed by atoms with Gasteiger partial charge in [0.15, 0.2) is 12.4 Å². The van der Waals surface area contributed by atoms with Gasteiger partial charge in [-0.3, -0.25) is 0 Å². The Labute approximate surface area is 118 Å². The predicted molar refractivity (Wildman–Crippen MR) is 70.3 cm³/mol. The molecular formula is C11H14BrN5O2. The number of hydrogen-bond donors (Lipinski definition) is 1. The van der Waals surface area contributed by atoms with E-state index in [0.29, 0.717) is 11.5 Å². The third-order valence-corrected chi connectivity index (χ3v) is 2.99. The number of carbonyl (C=O) groups is 1. The average molecular weight is 328 g/mol. The van der Waals surface area contributed by atoms with Crippen molar-refractivity contribution in [3.05, 3.63) is 28.3 Å². The summed E-state index contributed by atoms with van der Waals surface area (Å²) < 4.78 is 7.60. The molecule has 0 aliphatic carbocycles. The van der Waals surface area contributed by atoms with Crippen LogP contribution in [0.5, 0.6) is 0 Å². The molecule has 0 fully saturated rings. The fraction of sp³-hybridized carbons (Fsp3) is 0.455. The fourth-order valence-corrected chi connectivity index (χ4v) is 1.85. The van der Waals surface area contributed by atoms with Gasteiger partial charge in [-0.1, -0.05) is 13.3 Å². The Kier molecular flexibility index (Phi) is 4.67. The molecule has 0 aromatic carbocycles. The molecule has 19 heavy (non-hydrogen) atoms. The highest BCUT2D eigenvalue weighted by atomic mass is 79.9. The molecule has 2 aromatic heterocycles. The van der Waals surface area contributed by atoms with E-state index in [0.717, 1.165) is 23.9 Å². The minimum absolute atomic E-state index is 0.0617. The first-order valence-corrected chi connectivity index (χ1v) is 6.76. The van der Waals surface area contributed by atoms with Crippen LogP contribution >= 0.6 is 15.9 Å². The van der Waals surface area contributed by atoms with E-state index in [1.165, 1.54) is 0 Å². The van der Waals surface area contributed by atoms with Crippen LogP contribution in [0.15, 0.2) is 16.7 Å². The zero-order valence-electron chi connectivity index (χ0n) is 10.5. The molecule has 0 saturated heterocycles. The van der Waals surface area contributed by atoms with Crippen molar-refractivity contribution < 1.29 is 9.53 Å². The Morgan fingerprint density at radius 3 is 3.11 bits per heavy atom. The summed E-state index contributed by atoms with van der Waals surface area (Å²) in [6.45, 7) is 2.88. The molecule has 2 aromatic rings. The highest BCUT2D eigenvalue weighted by molar-refractivity contribution is 9.10. The first kappa shape index (κ1) is 13.7. The van der Waals surface area contributed by atoms with E-state index < -0.39 is 5.97 Å². The molecule has 0 spiro atoms. The van der Waals surface area contributed by atoms with Gasteiger partial charge in [-0.05, 0) is 38.8 Å². The summed E-state index contributed by atoms with van der Waals surface area (Å²) in [7, 11) is 0. The predicted octanol–water partition coefficient (Wildman–Crippen LogP) is 1.92. The SMILES string of the molecule is CCCCn1nnnc1COC(=O)c1cc(Br)c[nH]1. The number of nitrogens with zero attached hydrogens (tertiary/aromatic N) is 4. The lowest BCUT2D eigenvalue weighted by atomic mass is 10.3. The number of H-pyrrole nitrogens is 1. The smallest absolute Gasteiger partial charge is 0.355 e. The number of aryl methyl sites for hydroxylation is 1. The van der Waals surface area contributed by atoms with Crippen molar-refractivity contribution in [1.82, 2.24) is 25.2 Å². The number of aromatic amines is 1. The van der Waals surface area contributed by atoms with Crippen molar-refractivity contribution in [1.29, 1.82) is 0 Å². The van der Waals surface area contributed by atoms with Gasteiger partial charge >= 0.3 is 5.97 Å². The average Bonchev–Trinajstić information content (AvgIpc) is 3.02. The summed E-state index contributed by atoms with van der Waals surface area (Å²) >= 11 is 3.25. The Balaban J connectivity index is 1.91. The normalized spacial score (nSPS) is 10.6. The second kappa shape index (κ2) is 6.46. The molecule has 2 heterocycles. The molecule has 0 aliphatic rings. The number of aromatic nitrogens is 5. The summed E-state index contributed by atoms with van der Waals surface area (Å²) in [5.74, 6) is 0.114. The van der Waals surface area contributed by atoms with Gasteiger partial charge in [-0.25, -0.2) is 9.48 Å². The molecule has 0 bridgehead atoms. The second-order valence-electron chi connectivity index (χ2n) is 3.98. The van der Waals surface area contributed by atoms with Crippen LogP contribution in [0.25, 0.3) is 0 Å². The van der Waals surface area contributed by atoms with E-state index in [4.69, 9.17) is 4.74 Å². The molecular weight excluding hydrogens is 314 g/mol. The number of hydrogen-bond acceptors (Lipinski definition) is 5. The highest BCUT2D eigenvalue weighted by Gasteiger charge is 2.12. The molecule has 0 amide bonds. The lowest BCUT2D eigenvalue weighted by Crippen LogP contribution is -2.11. The quantitative estimate of drug-likeness (QED) is 0.819. The van der Waals surface area contributed by atoms with Crippen molar-refractivity contribution >= 4 is 21.9 Å². The van der Waals surface area contributed by atoms with Gasteiger partial charge in [0.2, 0.25) is 0 Å². The van der Waals surface area contributed by atoms with Crippen LogP contribution in [0.4, 0.5) is 0 Å². The summed E-state index contributed by atoms with van der Waals surface area (Å²) in [6, 6.07) is 1.66. The lowest BCUT2D eigenvalue weighted by Gasteiger charge is -2.04. The van der Waals surface area contributed by atoms with Crippen LogP contribution in [0, 0.1) is 0 Å². The number of carbonyl (C=O) groups excluding carboxylic acids is 1. The van der Waals surface area contributed by atoms with Crippen LogP contribution in [0.3, 0.4) is 0 Å². The third kappa shape index (κ3) is 3.63. The van der Waals surface area contributed by atoms with Gasteiger partial charge in [-0.15, -0.1) is 5.10 Å². The topological polar surface area (TPSA) is 85.7 Å². The van der Waals surface area contributed by atoms with E-state index in [2.05, 4.69) is 43.4 Å². The monoisotopic (exact) mass is 327 g/mol. The number of nitrogens with one attached hydrogen (secondary N) is 1. The maximum atomic E-state index is 11.7. The van der Waals surface area contributed by atoms with E-state index >= 15 is 0 Å². The Bertz CT molecular complexity index is 551. The summed E-state index contributed by atoms with van der Waals surface area (Å²) in [5.41, 5.74) is 0.388. The lowest BCUT2D eigenvalue weighted by molar-refractivity contribution is 0.0450. The van der Waals surface area contributed by atoms with Crippen LogP contribution in [-0.2, 0) is 17.9 Å². The summed E-state index contributed by atoms with van der Waals surface area (Å²) in [6.07, 6.45) is 3.70. The Morgan fingerprint density at radius 2 is 2.42 bits per heavy atom. The number of unbranched alkanes of at least 4 members (excludes halogenated alkanes) is 1. The fourth-order valence-electron chi connectivity index (χ4n) is 1.50. The molecule has 102 valence electrons.